The van der Waals surface area contributed by atoms with Gasteiger partial charge in [-0.3, -0.25) is 0 Å². The number of aromatic nitrogens is 1. The molecule has 1 aromatic carbocycles. The van der Waals surface area contributed by atoms with Crippen LogP contribution in [0.15, 0.2) is 42.5 Å². The Balaban J connectivity index is 1.88. The second kappa shape index (κ2) is 6.87. The topological polar surface area (TPSA) is 54.4 Å². The number of nitrogens with zero attached hydrogens (tertiary/aromatic N) is 1. The van der Waals surface area contributed by atoms with Crippen molar-refractivity contribution in [3.05, 3.63) is 59.3 Å². The van der Waals surface area contributed by atoms with Crippen LogP contribution in [0.25, 0.3) is 0 Å². The first kappa shape index (κ1) is 13.5. The summed E-state index contributed by atoms with van der Waals surface area (Å²) in [6.07, 6.45) is 0. The molecular formula is C15H18N2O2. The van der Waals surface area contributed by atoms with E-state index in [9.17, 15) is 0 Å². The normalized spacial score (nSPS) is 10.4. The highest BCUT2D eigenvalue weighted by Gasteiger charge is 1.98. The van der Waals surface area contributed by atoms with E-state index in [0.717, 1.165) is 23.4 Å². The van der Waals surface area contributed by atoms with Gasteiger partial charge in [-0.05, 0) is 17.2 Å². The first-order valence-electron chi connectivity index (χ1n) is 6.21. The lowest BCUT2D eigenvalue weighted by Crippen LogP contribution is -2.14. The van der Waals surface area contributed by atoms with Gasteiger partial charge < -0.3 is 15.2 Å². The van der Waals surface area contributed by atoms with Crippen LogP contribution in [0, 0.1) is 0 Å². The van der Waals surface area contributed by atoms with Crippen molar-refractivity contribution >= 4 is 0 Å². The molecule has 1 heterocycles. The minimum absolute atomic E-state index is 0.0747. The summed E-state index contributed by atoms with van der Waals surface area (Å²) in [6, 6.07) is 13.6. The lowest BCUT2D eigenvalue weighted by molar-refractivity contribution is 0.281. The molecule has 100 valence electrons. The van der Waals surface area contributed by atoms with Gasteiger partial charge in [-0.2, -0.15) is 0 Å². The molecule has 0 aliphatic heterocycles. The molecule has 0 saturated heterocycles. The smallest absolute Gasteiger partial charge is 0.213 e. The number of hydrogen-bond acceptors (Lipinski definition) is 4. The Bertz CT molecular complexity index is 482. The molecule has 2 aromatic rings. The Morgan fingerprint density at radius 1 is 1.11 bits per heavy atom. The van der Waals surface area contributed by atoms with Gasteiger partial charge in [0.2, 0.25) is 5.88 Å². The fourth-order valence-corrected chi connectivity index (χ4v) is 1.84. The zero-order valence-corrected chi connectivity index (χ0v) is 11.0. The van der Waals surface area contributed by atoms with Crippen LogP contribution in [-0.4, -0.2) is 17.2 Å². The molecule has 4 nitrogen and oxygen atoms in total. The van der Waals surface area contributed by atoms with Crippen molar-refractivity contribution in [1.82, 2.24) is 10.3 Å². The van der Waals surface area contributed by atoms with Gasteiger partial charge in [0.05, 0.1) is 19.4 Å². The van der Waals surface area contributed by atoms with Crippen LogP contribution >= 0.6 is 0 Å². The first-order chi connectivity index (χ1) is 9.31. The SMILES string of the molecule is COc1cccc(CNCc2cccc(CO)c2)n1. The van der Waals surface area contributed by atoms with E-state index in [0.29, 0.717) is 12.4 Å². The number of nitrogens with one attached hydrogen (secondary N) is 1. The van der Waals surface area contributed by atoms with E-state index in [1.807, 2.05) is 42.5 Å². The highest BCUT2D eigenvalue weighted by atomic mass is 16.5. The minimum atomic E-state index is 0.0747. The van der Waals surface area contributed by atoms with E-state index in [4.69, 9.17) is 9.84 Å². The molecule has 0 spiro atoms. The summed E-state index contributed by atoms with van der Waals surface area (Å²) in [5, 5.41) is 12.4. The maximum absolute atomic E-state index is 9.08. The van der Waals surface area contributed by atoms with Gasteiger partial charge >= 0.3 is 0 Å². The second-order valence-corrected chi connectivity index (χ2v) is 4.25. The van der Waals surface area contributed by atoms with Crippen molar-refractivity contribution in [1.29, 1.82) is 0 Å². The average molecular weight is 258 g/mol. The quantitative estimate of drug-likeness (QED) is 0.830. The van der Waals surface area contributed by atoms with Gasteiger partial charge in [0.15, 0.2) is 0 Å². The molecule has 0 radical (unpaired) electrons. The second-order valence-electron chi connectivity index (χ2n) is 4.25. The molecule has 0 bridgehead atoms. The molecule has 19 heavy (non-hydrogen) atoms. The van der Waals surface area contributed by atoms with Gasteiger partial charge in [0, 0.05) is 19.2 Å². The maximum atomic E-state index is 9.08. The number of pyridine rings is 1. The van der Waals surface area contributed by atoms with Gasteiger partial charge in [-0.15, -0.1) is 0 Å². The van der Waals surface area contributed by atoms with Crippen molar-refractivity contribution in [2.45, 2.75) is 19.7 Å². The van der Waals surface area contributed by atoms with Crippen LogP contribution in [0.3, 0.4) is 0 Å². The summed E-state index contributed by atoms with van der Waals surface area (Å²) in [5.41, 5.74) is 3.02. The molecule has 0 amide bonds. The van der Waals surface area contributed by atoms with Crippen molar-refractivity contribution in [2.24, 2.45) is 0 Å². The summed E-state index contributed by atoms with van der Waals surface area (Å²) >= 11 is 0. The molecule has 1 aromatic heterocycles. The molecule has 0 saturated carbocycles. The predicted octanol–water partition coefficient (Wildman–Crippen LogP) is 1.87. The fraction of sp³-hybridized carbons (Fsp3) is 0.267. The van der Waals surface area contributed by atoms with Crippen LogP contribution in [-0.2, 0) is 19.7 Å². The Kier molecular flexibility index (Phi) is 4.89. The number of ether oxygens (including phenoxy) is 1. The van der Waals surface area contributed by atoms with E-state index in [1.54, 1.807) is 7.11 Å². The summed E-state index contributed by atoms with van der Waals surface area (Å²) in [6.45, 7) is 1.50. The minimum Gasteiger partial charge on any atom is -0.481 e. The largest absolute Gasteiger partial charge is 0.481 e. The molecule has 0 fully saturated rings. The van der Waals surface area contributed by atoms with Crippen LogP contribution in [0.2, 0.25) is 0 Å². The third-order valence-electron chi connectivity index (χ3n) is 2.80. The predicted molar refractivity (Wildman–Crippen MR) is 73.7 cm³/mol. The maximum Gasteiger partial charge on any atom is 0.213 e. The van der Waals surface area contributed by atoms with E-state index in [-0.39, 0.29) is 6.61 Å². The molecule has 2 N–H and O–H groups in total. The van der Waals surface area contributed by atoms with Gasteiger partial charge in [0.1, 0.15) is 0 Å². The van der Waals surface area contributed by atoms with Crippen molar-refractivity contribution in [2.75, 3.05) is 7.11 Å². The standard InChI is InChI=1S/C15H18N2O2/c1-19-15-7-3-6-14(17-15)10-16-9-12-4-2-5-13(8-12)11-18/h2-8,16,18H,9-11H2,1H3. The molecular weight excluding hydrogens is 240 g/mol. The Morgan fingerprint density at radius 3 is 2.68 bits per heavy atom. The number of rotatable bonds is 6. The van der Waals surface area contributed by atoms with E-state index < -0.39 is 0 Å². The lowest BCUT2D eigenvalue weighted by Gasteiger charge is -2.07. The molecule has 2 rings (SSSR count). The average Bonchev–Trinajstić information content (AvgIpc) is 2.48. The molecule has 0 aliphatic carbocycles. The van der Waals surface area contributed by atoms with Crippen molar-refractivity contribution in [3.63, 3.8) is 0 Å². The summed E-state index contributed by atoms with van der Waals surface area (Å²) in [7, 11) is 1.61. The first-order valence-corrected chi connectivity index (χ1v) is 6.21. The Hall–Kier alpha value is -1.91. The van der Waals surface area contributed by atoms with Crippen LogP contribution in [0.5, 0.6) is 5.88 Å². The van der Waals surface area contributed by atoms with Crippen molar-refractivity contribution in [3.8, 4) is 5.88 Å². The summed E-state index contributed by atoms with van der Waals surface area (Å²) < 4.78 is 5.08. The summed E-state index contributed by atoms with van der Waals surface area (Å²) in [4.78, 5) is 4.33. The van der Waals surface area contributed by atoms with Crippen LogP contribution < -0.4 is 10.1 Å². The summed E-state index contributed by atoms with van der Waals surface area (Å²) in [5.74, 6) is 0.626. The number of methoxy groups -OCH3 is 1. The zero-order valence-electron chi connectivity index (χ0n) is 11.0. The lowest BCUT2D eigenvalue weighted by atomic mass is 10.1. The highest BCUT2D eigenvalue weighted by Crippen LogP contribution is 2.08. The zero-order chi connectivity index (χ0) is 13.5. The highest BCUT2D eigenvalue weighted by molar-refractivity contribution is 5.23. The molecule has 0 atom stereocenters. The van der Waals surface area contributed by atoms with Gasteiger partial charge in [-0.25, -0.2) is 4.98 Å². The van der Waals surface area contributed by atoms with Gasteiger partial charge in [0.25, 0.3) is 0 Å². The van der Waals surface area contributed by atoms with Crippen molar-refractivity contribution < 1.29 is 9.84 Å². The Labute approximate surface area is 113 Å². The number of aliphatic hydroxyl groups excluding tert-OH is 1. The molecule has 0 unspecified atom stereocenters. The number of aliphatic hydroxyl groups is 1. The number of benzene rings is 1. The third-order valence-corrected chi connectivity index (χ3v) is 2.80. The fourth-order valence-electron chi connectivity index (χ4n) is 1.84. The van der Waals surface area contributed by atoms with E-state index in [2.05, 4.69) is 10.3 Å². The van der Waals surface area contributed by atoms with Crippen LogP contribution in [0.4, 0.5) is 0 Å². The van der Waals surface area contributed by atoms with E-state index >= 15 is 0 Å². The molecule has 0 aliphatic rings. The molecule has 4 heteroatoms. The Morgan fingerprint density at radius 2 is 1.89 bits per heavy atom. The third kappa shape index (κ3) is 4.05. The van der Waals surface area contributed by atoms with E-state index in [1.165, 1.54) is 0 Å². The van der Waals surface area contributed by atoms with Crippen LogP contribution in [0.1, 0.15) is 16.8 Å². The van der Waals surface area contributed by atoms with Gasteiger partial charge in [-0.1, -0.05) is 30.3 Å². The monoisotopic (exact) mass is 258 g/mol. The number of hydrogen-bond donors (Lipinski definition) is 2.